The van der Waals surface area contributed by atoms with Gasteiger partial charge in [0, 0.05) is 0 Å². The van der Waals surface area contributed by atoms with Crippen molar-refractivity contribution in [3.8, 4) is 28.0 Å². The molecule has 4 heterocycles. The molecule has 136 valence electrons. The molecule has 1 aliphatic rings. The third-order valence-corrected chi connectivity index (χ3v) is 5.37. The molecule has 0 bridgehead atoms. The van der Waals surface area contributed by atoms with Crippen molar-refractivity contribution in [1.29, 1.82) is 0 Å². The van der Waals surface area contributed by atoms with Crippen LogP contribution in [0.25, 0.3) is 22.3 Å². The maximum Gasteiger partial charge on any atom is 0.278 e. The van der Waals surface area contributed by atoms with Gasteiger partial charge in [0.2, 0.25) is 5.82 Å². The lowest BCUT2D eigenvalue weighted by Gasteiger charge is -2.24. The molecule has 3 aromatic heterocycles. The highest BCUT2D eigenvalue weighted by atomic mass is 32.1. The number of thiophene rings is 1. The molecule has 7 nitrogen and oxygen atoms in total. The highest BCUT2D eigenvalue weighted by Gasteiger charge is 2.24. The van der Waals surface area contributed by atoms with Crippen LogP contribution in [0.1, 0.15) is 17.4 Å². The first-order valence-electron chi connectivity index (χ1n) is 8.50. The highest BCUT2D eigenvalue weighted by molar-refractivity contribution is 7.13. The van der Waals surface area contributed by atoms with Gasteiger partial charge in [0.1, 0.15) is 11.9 Å². The third-order valence-electron chi connectivity index (χ3n) is 4.51. The zero-order chi connectivity index (χ0) is 18.2. The summed E-state index contributed by atoms with van der Waals surface area (Å²) < 4.78 is 18.6. The Morgan fingerprint density at radius 1 is 1.22 bits per heavy atom. The summed E-state index contributed by atoms with van der Waals surface area (Å²) in [6.45, 7) is 1.11. The van der Waals surface area contributed by atoms with E-state index in [1.807, 2.05) is 52.5 Å². The van der Waals surface area contributed by atoms with Crippen LogP contribution in [0.2, 0.25) is 0 Å². The number of rotatable bonds is 4. The molecule has 0 fully saturated rings. The van der Waals surface area contributed by atoms with Crippen LogP contribution in [0.3, 0.4) is 0 Å². The van der Waals surface area contributed by atoms with Crippen molar-refractivity contribution >= 4 is 11.3 Å². The Kier molecular flexibility index (Phi) is 3.99. The highest BCUT2D eigenvalue weighted by Crippen LogP contribution is 2.30. The van der Waals surface area contributed by atoms with Crippen molar-refractivity contribution in [2.45, 2.75) is 19.3 Å². The summed E-state index contributed by atoms with van der Waals surface area (Å²) in [5.74, 6) is 1.83. The van der Waals surface area contributed by atoms with Crippen molar-refractivity contribution in [3.05, 3.63) is 59.1 Å². The van der Waals surface area contributed by atoms with Gasteiger partial charge in [-0.05, 0) is 35.2 Å². The second-order valence-corrected chi connectivity index (χ2v) is 7.12. The monoisotopic (exact) mass is 380 g/mol. The average Bonchev–Trinajstić information content (AvgIpc) is 3.46. The van der Waals surface area contributed by atoms with E-state index < -0.39 is 0 Å². The van der Waals surface area contributed by atoms with E-state index in [1.165, 1.54) is 0 Å². The quantitative estimate of drug-likeness (QED) is 0.534. The lowest BCUT2D eigenvalue weighted by Crippen LogP contribution is -2.21. The van der Waals surface area contributed by atoms with Crippen LogP contribution in [0.15, 0.2) is 52.4 Å². The van der Waals surface area contributed by atoms with Crippen LogP contribution in [0.5, 0.6) is 5.75 Å². The zero-order valence-electron chi connectivity index (χ0n) is 14.5. The summed E-state index contributed by atoms with van der Waals surface area (Å²) in [4.78, 5) is 5.43. The fraction of sp³-hybridized carbons (Fsp3) is 0.211. The van der Waals surface area contributed by atoms with Gasteiger partial charge < -0.3 is 14.0 Å². The molecule has 5 rings (SSSR count). The van der Waals surface area contributed by atoms with E-state index in [1.54, 1.807) is 18.4 Å². The van der Waals surface area contributed by atoms with Crippen LogP contribution in [0, 0.1) is 0 Å². The zero-order valence-corrected chi connectivity index (χ0v) is 15.3. The van der Waals surface area contributed by atoms with E-state index in [0.29, 0.717) is 30.6 Å². The summed E-state index contributed by atoms with van der Waals surface area (Å²) in [7, 11) is 1.66. The Morgan fingerprint density at radius 3 is 2.89 bits per heavy atom. The maximum atomic E-state index is 6.01. The summed E-state index contributed by atoms with van der Waals surface area (Å²) >= 11 is 1.57. The normalized spacial score (nSPS) is 16.3. The fourth-order valence-electron chi connectivity index (χ4n) is 3.08. The van der Waals surface area contributed by atoms with Gasteiger partial charge in [-0.3, -0.25) is 4.68 Å². The topological polar surface area (TPSA) is 75.2 Å². The van der Waals surface area contributed by atoms with Gasteiger partial charge in [0.05, 0.1) is 30.8 Å². The van der Waals surface area contributed by atoms with Gasteiger partial charge in [-0.1, -0.05) is 23.4 Å². The molecule has 0 N–H and O–H groups in total. The molecule has 27 heavy (non-hydrogen) atoms. The van der Waals surface area contributed by atoms with E-state index >= 15 is 0 Å². The first-order chi connectivity index (χ1) is 13.3. The lowest BCUT2D eigenvalue weighted by atomic mass is 10.1. The maximum absolute atomic E-state index is 6.01. The predicted molar refractivity (Wildman–Crippen MR) is 99.4 cm³/mol. The Balaban J connectivity index is 1.38. The SMILES string of the molecule is COc1ccc([C@@H]2Cn3nc(-c4nc(-c5cccs5)no4)cc3CO2)cc1. The largest absolute Gasteiger partial charge is 0.497 e. The van der Waals surface area contributed by atoms with E-state index in [0.717, 1.165) is 21.9 Å². The summed E-state index contributed by atoms with van der Waals surface area (Å²) in [6, 6.07) is 13.8. The number of aromatic nitrogens is 4. The molecular weight excluding hydrogens is 364 g/mol. The van der Waals surface area contributed by atoms with Crippen molar-refractivity contribution in [2.75, 3.05) is 7.11 Å². The first-order valence-corrected chi connectivity index (χ1v) is 9.38. The van der Waals surface area contributed by atoms with Crippen LogP contribution < -0.4 is 4.74 Å². The van der Waals surface area contributed by atoms with Gasteiger partial charge in [-0.15, -0.1) is 11.3 Å². The Labute approximate surface area is 159 Å². The molecule has 0 saturated heterocycles. The minimum absolute atomic E-state index is 0.0551. The minimum Gasteiger partial charge on any atom is -0.497 e. The number of fused-ring (bicyclic) bond motifs is 1. The van der Waals surface area contributed by atoms with Gasteiger partial charge in [0.25, 0.3) is 5.89 Å². The predicted octanol–water partition coefficient (Wildman–Crippen LogP) is 3.94. The average molecular weight is 380 g/mol. The minimum atomic E-state index is -0.0551. The Morgan fingerprint density at radius 2 is 2.11 bits per heavy atom. The van der Waals surface area contributed by atoms with Crippen LogP contribution in [0.4, 0.5) is 0 Å². The van der Waals surface area contributed by atoms with Crippen molar-refractivity contribution in [1.82, 2.24) is 19.9 Å². The molecule has 0 amide bonds. The summed E-state index contributed by atoms with van der Waals surface area (Å²) in [5, 5.41) is 10.7. The molecule has 0 aliphatic carbocycles. The molecule has 4 aromatic rings. The van der Waals surface area contributed by atoms with Crippen LogP contribution in [-0.4, -0.2) is 27.0 Å². The molecule has 0 unspecified atom stereocenters. The van der Waals surface area contributed by atoms with E-state index in [4.69, 9.17) is 14.0 Å². The molecule has 0 saturated carbocycles. The van der Waals surface area contributed by atoms with Gasteiger partial charge in [-0.2, -0.15) is 10.1 Å². The van der Waals surface area contributed by atoms with E-state index in [9.17, 15) is 0 Å². The second kappa shape index (κ2) is 6.64. The number of hydrogen-bond acceptors (Lipinski definition) is 7. The summed E-state index contributed by atoms with van der Waals surface area (Å²) in [6.07, 6.45) is -0.0551. The molecule has 1 aliphatic heterocycles. The molecular formula is C19H16N4O3S. The van der Waals surface area contributed by atoms with Crippen molar-refractivity contribution < 1.29 is 14.0 Å². The van der Waals surface area contributed by atoms with Crippen LogP contribution in [-0.2, 0) is 17.9 Å². The fourth-order valence-corrected chi connectivity index (χ4v) is 3.73. The first kappa shape index (κ1) is 16.2. The number of nitrogens with zero attached hydrogens (tertiary/aromatic N) is 4. The van der Waals surface area contributed by atoms with E-state index in [-0.39, 0.29) is 6.10 Å². The Bertz CT molecular complexity index is 1050. The van der Waals surface area contributed by atoms with Gasteiger partial charge in [0.15, 0.2) is 5.69 Å². The second-order valence-electron chi connectivity index (χ2n) is 6.18. The molecule has 1 aromatic carbocycles. The number of methoxy groups -OCH3 is 1. The van der Waals surface area contributed by atoms with Crippen LogP contribution >= 0.6 is 11.3 Å². The third kappa shape index (κ3) is 3.02. The van der Waals surface area contributed by atoms with Crippen molar-refractivity contribution in [2.24, 2.45) is 0 Å². The number of benzene rings is 1. The summed E-state index contributed by atoms with van der Waals surface area (Å²) in [5.41, 5.74) is 2.75. The smallest absolute Gasteiger partial charge is 0.278 e. The molecule has 0 spiro atoms. The van der Waals surface area contributed by atoms with E-state index in [2.05, 4.69) is 15.2 Å². The Hall–Kier alpha value is -2.97. The van der Waals surface area contributed by atoms with Gasteiger partial charge >= 0.3 is 0 Å². The van der Waals surface area contributed by atoms with Gasteiger partial charge in [-0.25, -0.2) is 0 Å². The van der Waals surface area contributed by atoms with Crippen molar-refractivity contribution in [3.63, 3.8) is 0 Å². The standard InChI is InChI=1S/C19H16N4O3S/c1-24-14-6-4-12(5-7-14)16-10-23-13(11-25-16)9-15(21-23)19-20-18(22-26-19)17-3-2-8-27-17/h2-9,16H,10-11H2,1H3/t16-/m0/s1. The molecule has 1 atom stereocenters. The molecule has 8 heteroatoms. The number of ether oxygens (including phenoxy) is 2. The number of hydrogen-bond donors (Lipinski definition) is 0. The molecule has 0 radical (unpaired) electrons. The lowest BCUT2D eigenvalue weighted by molar-refractivity contribution is -0.00115.